The maximum atomic E-state index is 12.6. The summed E-state index contributed by atoms with van der Waals surface area (Å²) < 4.78 is 10.6. The molecule has 0 amide bonds. The highest BCUT2D eigenvalue weighted by molar-refractivity contribution is 6.38. The molecule has 1 aromatic heterocycles. The quantitative estimate of drug-likeness (QED) is 0.385. The Balaban J connectivity index is 2.00. The number of fused-ring (bicyclic) bond motifs is 2. The van der Waals surface area contributed by atoms with E-state index in [0.29, 0.717) is 5.35 Å². The summed E-state index contributed by atoms with van der Waals surface area (Å²) in [7, 11) is 0. The molecule has 1 aliphatic rings. The van der Waals surface area contributed by atoms with Crippen molar-refractivity contribution in [1.82, 2.24) is 4.98 Å². The molecule has 0 unspecified atom stereocenters. The zero-order valence-electron chi connectivity index (χ0n) is 15.2. The maximum Gasteiger partial charge on any atom is 0.351 e. The van der Waals surface area contributed by atoms with Crippen molar-refractivity contribution in [3.8, 4) is 0 Å². The van der Waals surface area contributed by atoms with Crippen molar-refractivity contribution in [2.24, 2.45) is 0 Å². The van der Waals surface area contributed by atoms with Crippen molar-refractivity contribution in [2.75, 3.05) is 0 Å². The number of esters is 2. The van der Waals surface area contributed by atoms with Gasteiger partial charge in [0.15, 0.2) is 5.57 Å². The smallest absolute Gasteiger partial charge is 0.351 e. The summed E-state index contributed by atoms with van der Waals surface area (Å²) in [6, 6.07) is 14.1. The summed E-state index contributed by atoms with van der Waals surface area (Å²) >= 11 is 0. The summed E-state index contributed by atoms with van der Waals surface area (Å²) in [6.45, 7) is 5.14. The van der Waals surface area contributed by atoms with Gasteiger partial charge in [-0.05, 0) is 40.8 Å². The number of benzene rings is 3. The normalized spacial score (nSPS) is 16.9. The third kappa shape index (κ3) is 2.18. The zero-order chi connectivity index (χ0) is 18.9. The van der Waals surface area contributed by atoms with Crippen molar-refractivity contribution in [2.45, 2.75) is 26.6 Å². The van der Waals surface area contributed by atoms with Crippen LogP contribution in [0.4, 0.5) is 0 Å². The lowest BCUT2D eigenvalue weighted by atomic mass is 9.95. The van der Waals surface area contributed by atoms with Gasteiger partial charge < -0.3 is 14.5 Å². The van der Waals surface area contributed by atoms with E-state index in [1.807, 2.05) is 36.4 Å². The molecule has 0 saturated carbocycles. The molecule has 0 bridgehead atoms. The molecule has 134 valence electrons. The molecule has 0 spiro atoms. The van der Waals surface area contributed by atoms with Crippen molar-refractivity contribution >= 4 is 50.0 Å². The van der Waals surface area contributed by atoms with E-state index in [1.165, 1.54) is 0 Å². The van der Waals surface area contributed by atoms with E-state index < -0.39 is 17.7 Å². The van der Waals surface area contributed by atoms with Crippen LogP contribution in [0, 0.1) is 6.92 Å². The maximum absolute atomic E-state index is 12.6. The van der Waals surface area contributed by atoms with E-state index in [2.05, 4.69) is 18.0 Å². The van der Waals surface area contributed by atoms with Crippen molar-refractivity contribution in [3.63, 3.8) is 0 Å². The van der Waals surface area contributed by atoms with E-state index in [1.54, 1.807) is 13.8 Å². The van der Waals surface area contributed by atoms with Gasteiger partial charge in [0.25, 0.3) is 5.79 Å². The topological polar surface area (TPSA) is 68.4 Å². The first-order valence-electron chi connectivity index (χ1n) is 8.79. The molecule has 0 atom stereocenters. The molecule has 1 aliphatic heterocycles. The number of hydrogen-bond acceptors (Lipinski definition) is 4. The van der Waals surface area contributed by atoms with Gasteiger partial charge in [-0.25, -0.2) is 9.59 Å². The monoisotopic (exact) mass is 359 g/mol. The average molecular weight is 359 g/mol. The molecule has 3 aromatic carbocycles. The van der Waals surface area contributed by atoms with E-state index in [9.17, 15) is 9.59 Å². The van der Waals surface area contributed by atoms with Crippen LogP contribution in [0.1, 0.15) is 19.4 Å². The van der Waals surface area contributed by atoms with E-state index in [4.69, 9.17) is 9.47 Å². The molecule has 5 rings (SSSR count). The van der Waals surface area contributed by atoms with Crippen LogP contribution in [0.25, 0.3) is 38.0 Å². The van der Waals surface area contributed by atoms with Crippen LogP contribution in [-0.4, -0.2) is 22.7 Å². The number of aryl methyl sites for hydroxylation is 1. The number of carbonyl (C=O) groups is 2. The number of aromatic nitrogens is 1. The van der Waals surface area contributed by atoms with Crippen LogP contribution >= 0.6 is 0 Å². The molecule has 1 N–H and O–H groups in total. The summed E-state index contributed by atoms with van der Waals surface area (Å²) in [5, 5.41) is 5.55. The van der Waals surface area contributed by atoms with Crippen molar-refractivity contribution in [1.29, 1.82) is 0 Å². The molecule has 0 aliphatic carbocycles. The molecular weight excluding hydrogens is 342 g/mol. The van der Waals surface area contributed by atoms with Gasteiger partial charge in [0.2, 0.25) is 0 Å². The number of rotatable bonds is 0. The van der Waals surface area contributed by atoms with Gasteiger partial charge in [-0.3, -0.25) is 0 Å². The molecule has 27 heavy (non-hydrogen) atoms. The number of H-pyrrole nitrogens is 1. The fraction of sp³-hybridized carbons (Fsp3) is 0.182. The highest BCUT2D eigenvalue weighted by Gasteiger charge is 2.40. The standard InChI is InChI=1S/C22H17NO4/c1-11-8-9-15-17-14(10-12-6-4-5-7-13(12)16(11)17)19(23-15)18-20(24)26-22(2,3)27-21(18)25/h4-10,23H,1-3H3. The second-order valence-electron chi connectivity index (χ2n) is 7.38. The van der Waals surface area contributed by atoms with E-state index in [0.717, 1.165) is 38.0 Å². The summed E-state index contributed by atoms with van der Waals surface area (Å²) in [5.41, 5.74) is 1.90. The van der Waals surface area contributed by atoms with Gasteiger partial charge in [-0.15, -0.1) is 0 Å². The zero-order valence-corrected chi connectivity index (χ0v) is 15.2. The number of aromatic amines is 1. The molecule has 0 radical (unpaired) electrons. The molecule has 5 nitrogen and oxygen atoms in total. The summed E-state index contributed by atoms with van der Waals surface area (Å²) in [5.74, 6) is -2.62. The van der Waals surface area contributed by atoms with Gasteiger partial charge >= 0.3 is 11.9 Å². The van der Waals surface area contributed by atoms with Gasteiger partial charge in [-0.1, -0.05) is 30.3 Å². The number of carbonyl (C=O) groups excluding carboxylic acids is 2. The molecule has 4 aromatic rings. The predicted octanol–water partition coefficient (Wildman–Crippen LogP) is 3.49. The van der Waals surface area contributed by atoms with Crippen LogP contribution in [0.3, 0.4) is 0 Å². The SMILES string of the molecule is Cc1ccc2[nH]c(=C3C(=O)OC(C)(C)OC3=O)c3cc4ccccc4c1c23. The first kappa shape index (κ1) is 15.9. The Bertz CT molecular complexity index is 1320. The highest BCUT2D eigenvalue weighted by atomic mass is 16.7. The number of nitrogens with one attached hydrogen (secondary N) is 1. The Hall–Kier alpha value is -3.34. The fourth-order valence-corrected chi connectivity index (χ4v) is 3.97. The minimum Gasteiger partial charge on any atom is -0.419 e. The third-order valence-electron chi connectivity index (χ3n) is 5.08. The van der Waals surface area contributed by atoms with Crippen molar-refractivity contribution < 1.29 is 19.1 Å². The molecular formula is C22H17NO4. The lowest BCUT2D eigenvalue weighted by molar-refractivity contribution is -0.217. The predicted molar refractivity (Wildman–Crippen MR) is 103 cm³/mol. The number of hydrogen-bond donors (Lipinski definition) is 1. The molecule has 1 saturated heterocycles. The summed E-state index contributed by atoms with van der Waals surface area (Å²) in [6.07, 6.45) is 0. The fourth-order valence-electron chi connectivity index (χ4n) is 3.97. The Kier molecular flexibility index (Phi) is 3.00. The first-order chi connectivity index (χ1) is 12.9. The second-order valence-corrected chi connectivity index (χ2v) is 7.38. The lowest BCUT2D eigenvalue weighted by Crippen LogP contribution is -2.43. The molecule has 1 fully saturated rings. The third-order valence-corrected chi connectivity index (χ3v) is 5.08. The first-order valence-corrected chi connectivity index (χ1v) is 8.79. The Morgan fingerprint density at radius 2 is 1.59 bits per heavy atom. The van der Waals surface area contributed by atoms with Crippen LogP contribution in [0.15, 0.2) is 42.5 Å². The molecule has 5 heteroatoms. The van der Waals surface area contributed by atoms with E-state index >= 15 is 0 Å². The van der Waals surface area contributed by atoms with Gasteiger partial charge in [0, 0.05) is 30.1 Å². The van der Waals surface area contributed by atoms with E-state index in [-0.39, 0.29) is 5.57 Å². The van der Waals surface area contributed by atoms with Crippen LogP contribution in [0.5, 0.6) is 0 Å². The van der Waals surface area contributed by atoms with Gasteiger partial charge in [0.05, 0.1) is 5.35 Å². The highest BCUT2D eigenvalue weighted by Crippen LogP contribution is 2.34. The lowest BCUT2D eigenvalue weighted by Gasteiger charge is -2.29. The van der Waals surface area contributed by atoms with Crippen LogP contribution in [0.2, 0.25) is 0 Å². The minimum atomic E-state index is -1.26. The second kappa shape index (κ2) is 5.10. The van der Waals surface area contributed by atoms with Crippen LogP contribution < -0.4 is 5.35 Å². The average Bonchev–Trinajstić information content (AvgIpc) is 2.94. The Morgan fingerprint density at radius 3 is 2.33 bits per heavy atom. The number of cyclic esters (lactones) is 2. The van der Waals surface area contributed by atoms with Crippen LogP contribution in [-0.2, 0) is 19.1 Å². The Labute approximate surface area is 154 Å². The Morgan fingerprint density at radius 1 is 0.889 bits per heavy atom. The van der Waals surface area contributed by atoms with Gasteiger partial charge in [-0.2, -0.15) is 0 Å². The largest absolute Gasteiger partial charge is 0.419 e. The molecule has 2 heterocycles. The minimum absolute atomic E-state index is 0.0974. The number of ether oxygens (including phenoxy) is 2. The summed E-state index contributed by atoms with van der Waals surface area (Å²) in [4.78, 5) is 28.4. The van der Waals surface area contributed by atoms with Gasteiger partial charge in [0.1, 0.15) is 0 Å². The van der Waals surface area contributed by atoms with Crippen molar-refractivity contribution in [3.05, 3.63) is 53.4 Å².